The third-order valence-electron chi connectivity index (χ3n) is 2.63. The second-order valence-corrected chi connectivity index (χ2v) is 4.08. The number of carboxylic acid groups (broad SMARTS) is 1. The highest BCUT2D eigenvalue weighted by molar-refractivity contribution is 5.73. The lowest BCUT2D eigenvalue weighted by Crippen LogP contribution is -2.36. The number of rotatable bonds is 8. The van der Waals surface area contributed by atoms with Gasteiger partial charge in [0, 0.05) is 31.5 Å². The molecule has 100 valence electrons. The first-order chi connectivity index (χ1) is 8.67. The molecule has 0 bridgehead atoms. The van der Waals surface area contributed by atoms with E-state index in [4.69, 9.17) is 5.11 Å². The lowest BCUT2D eigenvalue weighted by atomic mass is 10.1. The van der Waals surface area contributed by atoms with Crippen LogP contribution in [0.5, 0.6) is 0 Å². The van der Waals surface area contributed by atoms with Crippen LogP contribution < -0.4 is 10.6 Å². The van der Waals surface area contributed by atoms with E-state index in [9.17, 15) is 4.79 Å². The van der Waals surface area contributed by atoms with Gasteiger partial charge in [-0.15, -0.1) is 0 Å². The molecule has 0 spiro atoms. The average molecular weight is 252 g/mol. The molecule has 0 aromatic carbocycles. The molecule has 0 saturated carbocycles. The summed E-state index contributed by atoms with van der Waals surface area (Å²) in [5.41, 5.74) is 0.872. The Morgan fingerprint density at radius 1 is 1.44 bits per heavy atom. The monoisotopic (exact) mass is 252 g/mol. The molecule has 0 aliphatic carbocycles. The lowest BCUT2D eigenvalue weighted by Gasteiger charge is -2.13. The van der Waals surface area contributed by atoms with Crippen LogP contribution in [0.15, 0.2) is 12.4 Å². The first-order valence-electron chi connectivity index (χ1n) is 6.12. The van der Waals surface area contributed by atoms with Gasteiger partial charge in [0.25, 0.3) is 0 Å². The fourth-order valence-corrected chi connectivity index (χ4v) is 1.54. The number of carboxylic acids is 1. The van der Waals surface area contributed by atoms with Crippen LogP contribution in [0.2, 0.25) is 0 Å². The molecule has 0 saturated heterocycles. The van der Waals surface area contributed by atoms with E-state index in [-0.39, 0.29) is 0 Å². The lowest BCUT2D eigenvalue weighted by molar-refractivity contribution is -0.139. The molecular formula is C12H20N4O2. The second kappa shape index (κ2) is 7.60. The number of unbranched alkanes of at least 4 members (excludes halogenated alkanes) is 1. The Balaban J connectivity index is 2.47. The van der Waals surface area contributed by atoms with Crippen molar-refractivity contribution in [2.75, 3.05) is 12.4 Å². The number of anilines is 1. The number of aliphatic carboxylic acids is 1. The van der Waals surface area contributed by atoms with Gasteiger partial charge in [-0.05, 0) is 6.42 Å². The summed E-state index contributed by atoms with van der Waals surface area (Å²) in [6.45, 7) is 2.51. The van der Waals surface area contributed by atoms with E-state index >= 15 is 0 Å². The number of carbonyl (C=O) groups is 1. The summed E-state index contributed by atoms with van der Waals surface area (Å²) in [5, 5.41) is 14.9. The highest BCUT2D eigenvalue weighted by atomic mass is 16.4. The Labute approximate surface area is 107 Å². The molecule has 0 fully saturated rings. The number of aromatic nitrogens is 2. The van der Waals surface area contributed by atoms with E-state index < -0.39 is 12.0 Å². The van der Waals surface area contributed by atoms with Gasteiger partial charge in [-0.25, -0.2) is 9.97 Å². The molecule has 1 aromatic rings. The van der Waals surface area contributed by atoms with E-state index in [2.05, 4.69) is 20.6 Å². The highest BCUT2D eigenvalue weighted by Crippen LogP contribution is 2.04. The molecule has 1 heterocycles. The summed E-state index contributed by atoms with van der Waals surface area (Å²) in [6.07, 6.45) is 5.90. The fourth-order valence-electron chi connectivity index (χ4n) is 1.54. The van der Waals surface area contributed by atoms with Crippen LogP contribution in [-0.4, -0.2) is 34.1 Å². The Kier molecular flexibility index (Phi) is 6.07. The summed E-state index contributed by atoms with van der Waals surface area (Å²) in [7, 11) is 1.75. The van der Waals surface area contributed by atoms with Crippen molar-refractivity contribution in [2.45, 2.75) is 38.8 Å². The van der Waals surface area contributed by atoms with Crippen molar-refractivity contribution < 1.29 is 9.90 Å². The minimum absolute atomic E-state index is 0.463. The van der Waals surface area contributed by atoms with Crippen molar-refractivity contribution in [1.29, 1.82) is 0 Å². The van der Waals surface area contributed by atoms with Crippen molar-refractivity contribution >= 4 is 11.9 Å². The number of nitrogens with zero attached hydrogens (tertiary/aromatic N) is 2. The largest absolute Gasteiger partial charge is 0.480 e. The summed E-state index contributed by atoms with van der Waals surface area (Å²) in [5.74, 6) is -0.254. The Morgan fingerprint density at radius 3 is 2.61 bits per heavy atom. The number of hydrogen-bond donors (Lipinski definition) is 3. The van der Waals surface area contributed by atoms with Crippen molar-refractivity contribution in [3.05, 3.63) is 18.0 Å². The van der Waals surface area contributed by atoms with Gasteiger partial charge in [-0.1, -0.05) is 19.8 Å². The van der Waals surface area contributed by atoms with Crippen LogP contribution in [0, 0.1) is 0 Å². The minimum Gasteiger partial charge on any atom is -0.480 e. The standard InChI is InChI=1S/C12H20N4O2/c1-3-4-5-10(11(17)18)14-6-9-7-15-12(13-2)16-8-9/h7-8,10,14H,3-6H2,1-2H3,(H,17,18)(H,13,15,16). The van der Waals surface area contributed by atoms with Crippen LogP contribution in [-0.2, 0) is 11.3 Å². The van der Waals surface area contributed by atoms with Crippen LogP contribution in [0.1, 0.15) is 31.7 Å². The van der Waals surface area contributed by atoms with Gasteiger partial charge in [0.2, 0.25) is 5.95 Å². The molecule has 0 aliphatic rings. The molecule has 0 radical (unpaired) electrons. The van der Waals surface area contributed by atoms with Gasteiger partial charge in [-0.2, -0.15) is 0 Å². The topological polar surface area (TPSA) is 87.1 Å². The van der Waals surface area contributed by atoms with Gasteiger partial charge < -0.3 is 15.7 Å². The van der Waals surface area contributed by atoms with Crippen molar-refractivity contribution in [3.8, 4) is 0 Å². The molecule has 0 aliphatic heterocycles. The zero-order valence-corrected chi connectivity index (χ0v) is 10.8. The molecule has 1 aromatic heterocycles. The van der Waals surface area contributed by atoms with Crippen LogP contribution >= 0.6 is 0 Å². The first-order valence-corrected chi connectivity index (χ1v) is 6.12. The van der Waals surface area contributed by atoms with E-state index in [1.807, 2.05) is 6.92 Å². The zero-order chi connectivity index (χ0) is 13.4. The van der Waals surface area contributed by atoms with E-state index in [1.165, 1.54) is 0 Å². The van der Waals surface area contributed by atoms with Crippen LogP contribution in [0.4, 0.5) is 5.95 Å². The predicted molar refractivity (Wildman–Crippen MR) is 69.4 cm³/mol. The van der Waals surface area contributed by atoms with Gasteiger partial charge in [0.15, 0.2) is 0 Å². The minimum atomic E-state index is -0.809. The zero-order valence-electron chi connectivity index (χ0n) is 10.8. The van der Waals surface area contributed by atoms with Gasteiger partial charge in [0.05, 0.1) is 0 Å². The van der Waals surface area contributed by atoms with Crippen molar-refractivity contribution in [2.24, 2.45) is 0 Å². The smallest absolute Gasteiger partial charge is 0.320 e. The summed E-state index contributed by atoms with van der Waals surface area (Å²) in [4.78, 5) is 19.2. The maximum Gasteiger partial charge on any atom is 0.320 e. The Hall–Kier alpha value is -1.69. The fraction of sp³-hybridized carbons (Fsp3) is 0.583. The molecule has 0 amide bonds. The molecule has 1 unspecified atom stereocenters. The van der Waals surface area contributed by atoms with E-state index in [0.717, 1.165) is 18.4 Å². The molecule has 18 heavy (non-hydrogen) atoms. The molecule has 1 atom stereocenters. The van der Waals surface area contributed by atoms with Gasteiger partial charge in [-0.3, -0.25) is 4.79 Å². The summed E-state index contributed by atoms with van der Waals surface area (Å²) < 4.78 is 0. The normalized spacial score (nSPS) is 12.1. The quantitative estimate of drug-likeness (QED) is 0.645. The molecule has 6 heteroatoms. The molecule has 1 rings (SSSR count). The van der Waals surface area contributed by atoms with E-state index in [0.29, 0.717) is 18.9 Å². The van der Waals surface area contributed by atoms with E-state index in [1.54, 1.807) is 19.4 Å². The second-order valence-electron chi connectivity index (χ2n) is 4.08. The number of hydrogen-bond acceptors (Lipinski definition) is 5. The number of nitrogens with one attached hydrogen (secondary N) is 2. The molecular weight excluding hydrogens is 232 g/mol. The maximum absolute atomic E-state index is 11.0. The van der Waals surface area contributed by atoms with Crippen molar-refractivity contribution in [3.63, 3.8) is 0 Å². The molecule has 6 nitrogen and oxygen atoms in total. The van der Waals surface area contributed by atoms with Crippen LogP contribution in [0.3, 0.4) is 0 Å². The Morgan fingerprint density at radius 2 is 2.11 bits per heavy atom. The van der Waals surface area contributed by atoms with Crippen LogP contribution in [0.25, 0.3) is 0 Å². The maximum atomic E-state index is 11.0. The third kappa shape index (κ3) is 4.67. The highest BCUT2D eigenvalue weighted by Gasteiger charge is 2.15. The Bertz CT molecular complexity index is 367. The van der Waals surface area contributed by atoms with Crippen molar-refractivity contribution in [1.82, 2.24) is 15.3 Å². The SMILES string of the molecule is CCCCC(NCc1cnc(NC)nc1)C(=O)O. The average Bonchev–Trinajstić information content (AvgIpc) is 2.39. The summed E-state index contributed by atoms with van der Waals surface area (Å²) >= 11 is 0. The molecule has 3 N–H and O–H groups in total. The van der Waals surface area contributed by atoms with Gasteiger partial charge in [0.1, 0.15) is 6.04 Å². The first kappa shape index (κ1) is 14.4. The third-order valence-corrected chi connectivity index (χ3v) is 2.63. The predicted octanol–water partition coefficient (Wildman–Crippen LogP) is 1.25. The van der Waals surface area contributed by atoms with Gasteiger partial charge >= 0.3 is 5.97 Å². The summed E-state index contributed by atoms with van der Waals surface area (Å²) in [6, 6.07) is -0.506.